The van der Waals surface area contributed by atoms with Crippen molar-refractivity contribution in [1.82, 2.24) is 10.6 Å². The highest BCUT2D eigenvalue weighted by Crippen LogP contribution is 2.07. The van der Waals surface area contributed by atoms with Crippen molar-refractivity contribution in [2.75, 3.05) is 0 Å². The minimum absolute atomic E-state index is 0.0199. The number of terminal acetylenes is 1. The maximum Gasteiger partial charge on any atom is 0.408 e. The van der Waals surface area contributed by atoms with Gasteiger partial charge < -0.3 is 21.1 Å². The molecule has 26 heavy (non-hydrogen) atoms. The van der Waals surface area contributed by atoms with Gasteiger partial charge in [-0.25, -0.2) is 4.79 Å². The van der Waals surface area contributed by atoms with Crippen LogP contribution in [0.15, 0.2) is 30.3 Å². The lowest BCUT2D eigenvalue weighted by atomic mass is 10.0. The van der Waals surface area contributed by atoms with E-state index in [9.17, 15) is 14.4 Å². The number of amides is 3. The molecule has 0 bridgehead atoms. The fraction of sp³-hybridized carbons (Fsp3) is 0.421. The number of nitrogens with one attached hydrogen (secondary N) is 2. The highest BCUT2D eigenvalue weighted by molar-refractivity contribution is 5.90. The summed E-state index contributed by atoms with van der Waals surface area (Å²) in [5.41, 5.74) is 6.05. The smallest absolute Gasteiger partial charge is 0.408 e. The molecule has 1 rings (SSSR count). The first kappa shape index (κ1) is 21.0. The second-order valence-corrected chi connectivity index (χ2v) is 6.26. The van der Waals surface area contributed by atoms with Crippen LogP contribution >= 0.6 is 0 Å². The summed E-state index contributed by atoms with van der Waals surface area (Å²) in [5, 5.41) is 5.00. The normalized spacial score (nSPS) is 12.5. The highest BCUT2D eigenvalue weighted by atomic mass is 16.5. The molecule has 0 fully saturated rings. The van der Waals surface area contributed by atoms with E-state index in [2.05, 4.69) is 16.6 Å². The number of benzene rings is 1. The van der Waals surface area contributed by atoms with Gasteiger partial charge >= 0.3 is 6.09 Å². The number of primary amides is 1. The van der Waals surface area contributed by atoms with Crippen molar-refractivity contribution in [1.29, 1.82) is 0 Å². The van der Waals surface area contributed by atoms with Crippen molar-refractivity contribution in [3.63, 3.8) is 0 Å². The largest absolute Gasteiger partial charge is 0.445 e. The average Bonchev–Trinajstić information content (AvgIpc) is 2.59. The first-order valence-electron chi connectivity index (χ1n) is 8.33. The zero-order chi connectivity index (χ0) is 19.5. The number of rotatable bonds is 9. The molecule has 0 aliphatic carbocycles. The summed E-state index contributed by atoms with van der Waals surface area (Å²) in [4.78, 5) is 35.8. The van der Waals surface area contributed by atoms with Gasteiger partial charge in [0.15, 0.2) is 0 Å². The van der Waals surface area contributed by atoms with E-state index in [1.54, 1.807) is 0 Å². The van der Waals surface area contributed by atoms with Crippen LogP contribution < -0.4 is 16.4 Å². The van der Waals surface area contributed by atoms with E-state index in [0.717, 1.165) is 5.56 Å². The second-order valence-electron chi connectivity index (χ2n) is 6.26. The highest BCUT2D eigenvalue weighted by Gasteiger charge is 2.26. The number of hydrogen-bond donors (Lipinski definition) is 3. The van der Waals surface area contributed by atoms with Crippen molar-refractivity contribution >= 4 is 17.9 Å². The Hall–Kier alpha value is -3.01. The fourth-order valence-corrected chi connectivity index (χ4v) is 2.22. The average molecular weight is 359 g/mol. The van der Waals surface area contributed by atoms with Crippen LogP contribution in [0.3, 0.4) is 0 Å². The van der Waals surface area contributed by atoms with Crippen LogP contribution in [-0.4, -0.2) is 30.0 Å². The molecule has 0 aromatic heterocycles. The zero-order valence-electron chi connectivity index (χ0n) is 15.0. The first-order chi connectivity index (χ1) is 12.3. The lowest BCUT2D eigenvalue weighted by Gasteiger charge is -2.22. The molecule has 0 spiro atoms. The number of carbonyl (C=O) groups is 3. The van der Waals surface area contributed by atoms with E-state index >= 15 is 0 Å². The van der Waals surface area contributed by atoms with Crippen molar-refractivity contribution in [3.05, 3.63) is 35.9 Å². The van der Waals surface area contributed by atoms with Gasteiger partial charge in [0.1, 0.15) is 18.7 Å². The third kappa shape index (κ3) is 7.71. The Morgan fingerprint density at radius 3 is 2.35 bits per heavy atom. The number of ether oxygens (including phenoxy) is 1. The Kier molecular flexibility index (Phi) is 8.71. The van der Waals surface area contributed by atoms with Gasteiger partial charge in [0, 0.05) is 6.42 Å². The van der Waals surface area contributed by atoms with Gasteiger partial charge in [-0.1, -0.05) is 44.2 Å². The third-order valence-electron chi connectivity index (χ3n) is 3.51. The van der Waals surface area contributed by atoms with Crippen molar-refractivity contribution in [2.24, 2.45) is 11.7 Å². The summed E-state index contributed by atoms with van der Waals surface area (Å²) in [6.45, 7) is 3.90. The number of alkyl carbamates (subject to hydrolysis) is 1. The molecule has 1 aromatic carbocycles. The van der Waals surface area contributed by atoms with E-state index < -0.39 is 30.0 Å². The van der Waals surface area contributed by atoms with Gasteiger partial charge in [-0.2, -0.15) is 0 Å². The molecule has 0 unspecified atom stereocenters. The molecule has 0 aliphatic heterocycles. The summed E-state index contributed by atoms with van der Waals surface area (Å²) < 4.78 is 5.14. The van der Waals surface area contributed by atoms with Crippen LogP contribution in [0.2, 0.25) is 0 Å². The minimum atomic E-state index is -0.982. The Labute approximate surface area is 153 Å². The fourth-order valence-electron chi connectivity index (χ4n) is 2.22. The van der Waals surface area contributed by atoms with Gasteiger partial charge in [-0.05, 0) is 17.9 Å². The van der Waals surface area contributed by atoms with Gasteiger partial charge in [0.25, 0.3) is 0 Å². The van der Waals surface area contributed by atoms with Crippen LogP contribution in [-0.2, 0) is 20.9 Å². The third-order valence-corrected chi connectivity index (χ3v) is 3.51. The summed E-state index contributed by atoms with van der Waals surface area (Å²) in [7, 11) is 0. The molecule has 0 aliphatic rings. The molecule has 140 valence electrons. The Bertz CT molecular complexity index is 652. The van der Waals surface area contributed by atoms with Crippen molar-refractivity contribution in [2.45, 2.75) is 45.4 Å². The monoisotopic (exact) mass is 359 g/mol. The molecule has 2 atom stereocenters. The second kappa shape index (κ2) is 10.8. The Morgan fingerprint density at radius 2 is 1.81 bits per heavy atom. The molecule has 4 N–H and O–H groups in total. The molecule has 0 saturated carbocycles. The topological polar surface area (TPSA) is 111 Å². The molecule has 7 nitrogen and oxygen atoms in total. The standard InChI is InChI=1S/C19H25N3O4/c1-4-8-15(17(20)23)21-18(24)16(11-13(2)3)22-19(25)26-12-14-9-6-5-7-10-14/h1,5-7,9-10,13,15-16H,8,11-12H2,2-3H3,(H2,20,23)(H,21,24)(H,22,25)/t15-,16+/m1/s1. The van der Waals surface area contributed by atoms with Crippen LogP contribution in [0.1, 0.15) is 32.3 Å². The van der Waals surface area contributed by atoms with Crippen LogP contribution in [0.4, 0.5) is 4.79 Å². The quantitative estimate of drug-likeness (QED) is 0.578. The molecule has 7 heteroatoms. The van der Waals surface area contributed by atoms with Gasteiger partial charge in [0.2, 0.25) is 11.8 Å². The van der Waals surface area contributed by atoms with Gasteiger partial charge in [0.05, 0.1) is 0 Å². The Balaban J connectivity index is 2.66. The minimum Gasteiger partial charge on any atom is -0.445 e. The molecule has 1 aromatic rings. The van der Waals surface area contributed by atoms with E-state index in [0.29, 0.717) is 6.42 Å². The van der Waals surface area contributed by atoms with Gasteiger partial charge in [-0.3, -0.25) is 9.59 Å². The van der Waals surface area contributed by atoms with Crippen LogP contribution in [0, 0.1) is 18.3 Å². The lowest BCUT2D eigenvalue weighted by molar-refractivity contribution is -0.128. The molecule has 0 heterocycles. The van der Waals surface area contributed by atoms with Crippen LogP contribution in [0.25, 0.3) is 0 Å². The zero-order valence-corrected chi connectivity index (χ0v) is 15.0. The van der Waals surface area contributed by atoms with Gasteiger partial charge in [-0.15, -0.1) is 12.3 Å². The summed E-state index contributed by atoms with van der Waals surface area (Å²) in [6, 6.07) is 7.33. The summed E-state index contributed by atoms with van der Waals surface area (Å²) in [5.74, 6) is 1.15. The predicted octanol–water partition coefficient (Wildman–Crippen LogP) is 1.32. The van der Waals surface area contributed by atoms with Crippen molar-refractivity contribution < 1.29 is 19.1 Å². The summed E-state index contributed by atoms with van der Waals surface area (Å²) >= 11 is 0. The lowest BCUT2D eigenvalue weighted by Crippen LogP contribution is -2.53. The van der Waals surface area contributed by atoms with E-state index in [1.807, 2.05) is 44.2 Å². The maximum atomic E-state index is 12.4. The van der Waals surface area contributed by atoms with E-state index in [-0.39, 0.29) is 18.9 Å². The summed E-state index contributed by atoms with van der Waals surface area (Å²) in [6.07, 6.45) is 4.81. The molecule has 0 saturated heterocycles. The van der Waals surface area contributed by atoms with Crippen molar-refractivity contribution in [3.8, 4) is 12.3 Å². The SMILES string of the molecule is C#CC[C@@H](NC(=O)[C@H](CC(C)C)NC(=O)OCc1ccccc1)C(N)=O. The molecular formula is C19H25N3O4. The molecule has 3 amide bonds. The molecular weight excluding hydrogens is 334 g/mol. The first-order valence-corrected chi connectivity index (χ1v) is 8.33. The number of nitrogens with two attached hydrogens (primary N) is 1. The molecule has 0 radical (unpaired) electrons. The van der Waals surface area contributed by atoms with E-state index in [1.165, 1.54) is 0 Å². The number of hydrogen-bond acceptors (Lipinski definition) is 4. The number of carbonyl (C=O) groups excluding carboxylic acids is 3. The van der Waals surface area contributed by atoms with E-state index in [4.69, 9.17) is 16.9 Å². The maximum absolute atomic E-state index is 12.4. The Morgan fingerprint density at radius 1 is 1.15 bits per heavy atom. The van der Waals surface area contributed by atoms with Crippen LogP contribution in [0.5, 0.6) is 0 Å². The predicted molar refractivity (Wildman–Crippen MR) is 97.6 cm³/mol.